The molecule has 0 amide bonds. The van der Waals surface area contributed by atoms with Crippen LogP contribution in [-0.4, -0.2) is 54.1 Å². The van der Waals surface area contributed by atoms with Gasteiger partial charge in [0.05, 0.1) is 33.0 Å². The van der Waals surface area contributed by atoms with E-state index in [9.17, 15) is 0 Å². The van der Waals surface area contributed by atoms with Gasteiger partial charge in [-0.05, 0) is 0 Å². The third-order valence-electron chi connectivity index (χ3n) is 2.43. The zero-order valence-corrected chi connectivity index (χ0v) is 10.3. The SMILES string of the molecule is CC(CO)(CO)COCC(C)(CO)CS. The predicted molar refractivity (Wildman–Crippen MR) is 62.1 cm³/mol. The van der Waals surface area contributed by atoms with E-state index in [-0.39, 0.29) is 31.8 Å². The molecule has 1 unspecified atom stereocenters. The normalized spacial score (nSPS) is 16.4. The predicted octanol–water partition coefficient (Wildman–Crippen LogP) is -0.0777. The monoisotopic (exact) mass is 238 g/mol. The number of rotatable bonds is 8. The maximum atomic E-state index is 9.10. The average molecular weight is 238 g/mol. The summed E-state index contributed by atoms with van der Waals surface area (Å²) in [6, 6.07) is 0. The summed E-state index contributed by atoms with van der Waals surface area (Å²) in [6.07, 6.45) is 0. The molecule has 5 heteroatoms. The minimum absolute atomic E-state index is 0.00542. The van der Waals surface area contributed by atoms with E-state index in [4.69, 9.17) is 20.1 Å². The van der Waals surface area contributed by atoms with Gasteiger partial charge >= 0.3 is 0 Å². The van der Waals surface area contributed by atoms with Gasteiger partial charge in [-0.2, -0.15) is 12.6 Å². The lowest BCUT2D eigenvalue weighted by Gasteiger charge is -2.29. The van der Waals surface area contributed by atoms with Gasteiger partial charge in [0.1, 0.15) is 0 Å². The smallest absolute Gasteiger partial charge is 0.0564 e. The highest BCUT2D eigenvalue weighted by Crippen LogP contribution is 2.20. The van der Waals surface area contributed by atoms with E-state index in [1.54, 1.807) is 6.92 Å². The number of hydrogen-bond donors (Lipinski definition) is 4. The summed E-state index contributed by atoms with van der Waals surface area (Å²) in [5.74, 6) is 0.526. The Morgan fingerprint density at radius 3 is 1.67 bits per heavy atom. The first-order valence-corrected chi connectivity index (χ1v) is 5.60. The van der Waals surface area contributed by atoms with Crippen molar-refractivity contribution in [2.75, 3.05) is 38.8 Å². The van der Waals surface area contributed by atoms with Crippen LogP contribution in [0.2, 0.25) is 0 Å². The van der Waals surface area contributed by atoms with Crippen LogP contribution in [0.25, 0.3) is 0 Å². The number of aliphatic hydroxyl groups is 3. The van der Waals surface area contributed by atoms with Crippen LogP contribution in [0.4, 0.5) is 0 Å². The van der Waals surface area contributed by atoms with Crippen LogP contribution in [0.3, 0.4) is 0 Å². The topological polar surface area (TPSA) is 69.9 Å². The third-order valence-corrected chi connectivity index (χ3v) is 3.19. The molecule has 0 aromatic heterocycles. The number of aliphatic hydroxyl groups excluding tert-OH is 3. The Kier molecular flexibility index (Phi) is 6.79. The van der Waals surface area contributed by atoms with Crippen molar-refractivity contribution in [2.45, 2.75) is 13.8 Å². The molecule has 3 N–H and O–H groups in total. The van der Waals surface area contributed by atoms with Crippen molar-refractivity contribution in [3.63, 3.8) is 0 Å². The van der Waals surface area contributed by atoms with Crippen molar-refractivity contribution in [3.8, 4) is 0 Å². The number of ether oxygens (including phenoxy) is 1. The van der Waals surface area contributed by atoms with Crippen molar-refractivity contribution < 1.29 is 20.1 Å². The molecule has 0 heterocycles. The second-order valence-electron chi connectivity index (χ2n) is 4.75. The van der Waals surface area contributed by atoms with Crippen LogP contribution in [0.1, 0.15) is 13.8 Å². The molecule has 15 heavy (non-hydrogen) atoms. The molecule has 0 radical (unpaired) electrons. The maximum absolute atomic E-state index is 9.10. The van der Waals surface area contributed by atoms with Gasteiger partial charge in [0, 0.05) is 16.6 Å². The van der Waals surface area contributed by atoms with E-state index >= 15 is 0 Å². The first-order chi connectivity index (χ1) is 6.95. The fourth-order valence-electron chi connectivity index (χ4n) is 0.826. The molecule has 0 aromatic rings. The molecule has 0 rings (SSSR count). The Balaban J connectivity index is 3.96. The van der Waals surface area contributed by atoms with Crippen LogP contribution in [0.5, 0.6) is 0 Å². The summed E-state index contributed by atoms with van der Waals surface area (Å²) in [6.45, 7) is 4.00. The van der Waals surface area contributed by atoms with Gasteiger partial charge in [0.2, 0.25) is 0 Å². The highest BCUT2D eigenvalue weighted by Gasteiger charge is 2.26. The minimum atomic E-state index is -0.618. The van der Waals surface area contributed by atoms with E-state index in [2.05, 4.69) is 12.6 Å². The maximum Gasteiger partial charge on any atom is 0.0564 e. The van der Waals surface area contributed by atoms with E-state index < -0.39 is 5.41 Å². The summed E-state index contributed by atoms with van der Waals surface area (Å²) >= 11 is 4.13. The van der Waals surface area contributed by atoms with E-state index in [1.807, 2.05) is 6.92 Å². The second kappa shape index (κ2) is 6.70. The van der Waals surface area contributed by atoms with Gasteiger partial charge in [0.15, 0.2) is 0 Å². The highest BCUT2D eigenvalue weighted by molar-refractivity contribution is 7.80. The molecule has 0 aliphatic carbocycles. The van der Waals surface area contributed by atoms with Crippen LogP contribution >= 0.6 is 12.6 Å². The minimum Gasteiger partial charge on any atom is -0.396 e. The van der Waals surface area contributed by atoms with Crippen molar-refractivity contribution in [1.82, 2.24) is 0 Å². The summed E-state index contributed by atoms with van der Waals surface area (Å²) in [7, 11) is 0. The Labute approximate surface area is 96.7 Å². The van der Waals surface area contributed by atoms with Crippen LogP contribution < -0.4 is 0 Å². The molecule has 1 atom stereocenters. The van der Waals surface area contributed by atoms with Crippen molar-refractivity contribution in [3.05, 3.63) is 0 Å². The lowest BCUT2D eigenvalue weighted by atomic mass is 9.93. The second-order valence-corrected chi connectivity index (χ2v) is 5.06. The van der Waals surface area contributed by atoms with Gasteiger partial charge in [-0.25, -0.2) is 0 Å². The molecule has 0 saturated carbocycles. The molecule has 0 bridgehead atoms. The average Bonchev–Trinajstić information content (AvgIpc) is 2.28. The summed E-state index contributed by atoms with van der Waals surface area (Å²) in [4.78, 5) is 0. The summed E-state index contributed by atoms with van der Waals surface area (Å²) in [5, 5.41) is 27.2. The van der Waals surface area contributed by atoms with Crippen molar-refractivity contribution in [1.29, 1.82) is 0 Å². The molecule has 0 saturated heterocycles. The zero-order valence-electron chi connectivity index (χ0n) is 9.44. The zero-order chi connectivity index (χ0) is 11.9. The lowest BCUT2D eigenvalue weighted by Crippen LogP contribution is -2.36. The molecular formula is C10H22O4S. The summed E-state index contributed by atoms with van der Waals surface area (Å²) < 4.78 is 5.40. The van der Waals surface area contributed by atoms with Crippen LogP contribution in [0, 0.1) is 10.8 Å². The molecule has 92 valence electrons. The van der Waals surface area contributed by atoms with Gasteiger partial charge in [-0.1, -0.05) is 13.8 Å². The molecular weight excluding hydrogens is 216 g/mol. The van der Waals surface area contributed by atoms with Gasteiger partial charge < -0.3 is 20.1 Å². The fourth-order valence-corrected chi connectivity index (χ4v) is 1.02. The van der Waals surface area contributed by atoms with Gasteiger partial charge in [-0.3, -0.25) is 0 Å². The molecule has 0 aliphatic heterocycles. The molecule has 0 aliphatic rings. The standard InChI is InChI=1S/C10H22O4S/c1-9(3-11,4-12)6-14-7-10(2,5-13)8-15/h11-13,15H,3-8H2,1-2H3. The van der Waals surface area contributed by atoms with Gasteiger partial charge in [0.25, 0.3) is 0 Å². The first-order valence-electron chi connectivity index (χ1n) is 4.96. The quantitative estimate of drug-likeness (QED) is 0.447. The van der Waals surface area contributed by atoms with E-state index in [1.165, 1.54) is 0 Å². The van der Waals surface area contributed by atoms with E-state index in [0.29, 0.717) is 12.4 Å². The van der Waals surface area contributed by atoms with Crippen molar-refractivity contribution >= 4 is 12.6 Å². The largest absolute Gasteiger partial charge is 0.396 e. The molecule has 0 fully saturated rings. The molecule has 4 nitrogen and oxygen atoms in total. The highest BCUT2D eigenvalue weighted by atomic mass is 32.1. The van der Waals surface area contributed by atoms with Gasteiger partial charge in [-0.15, -0.1) is 0 Å². The number of hydrogen-bond acceptors (Lipinski definition) is 5. The Morgan fingerprint density at radius 1 is 0.933 bits per heavy atom. The first kappa shape index (κ1) is 15.2. The Morgan fingerprint density at radius 2 is 1.33 bits per heavy atom. The lowest BCUT2D eigenvalue weighted by molar-refractivity contribution is -0.0453. The fraction of sp³-hybridized carbons (Fsp3) is 1.00. The van der Waals surface area contributed by atoms with E-state index in [0.717, 1.165) is 0 Å². The summed E-state index contributed by atoms with van der Waals surface area (Å²) in [5.41, 5.74) is -0.984. The third kappa shape index (κ3) is 5.17. The van der Waals surface area contributed by atoms with Crippen LogP contribution in [0.15, 0.2) is 0 Å². The number of thiol groups is 1. The molecule has 0 aromatic carbocycles. The molecule has 0 spiro atoms. The van der Waals surface area contributed by atoms with Crippen LogP contribution in [-0.2, 0) is 4.74 Å². The Bertz CT molecular complexity index is 149. The Hall–Kier alpha value is 0.190. The van der Waals surface area contributed by atoms with Crippen molar-refractivity contribution in [2.24, 2.45) is 10.8 Å².